The van der Waals surface area contributed by atoms with E-state index in [0.29, 0.717) is 5.82 Å². The van der Waals surface area contributed by atoms with Gasteiger partial charge in [0.25, 0.3) is 0 Å². The highest BCUT2D eigenvalue weighted by Crippen LogP contribution is 2.51. The molecule has 10 heteroatoms. The van der Waals surface area contributed by atoms with E-state index in [9.17, 15) is 13.2 Å². The zero-order valence-corrected chi connectivity index (χ0v) is 15.3. The Morgan fingerprint density at radius 2 is 1.70 bits per heavy atom. The minimum Gasteiger partial charge on any atom is -0.421 e. The van der Waals surface area contributed by atoms with Crippen molar-refractivity contribution in [1.82, 2.24) is 9.97 Å². The molecule has 0 saturated carbocycles. The Bertz CT molecular complexity index is 559. The van der Waals surface area contributed by atoms with E-state index in [2.05, 4.69) is 9.97 Å². The van der Waals surface area contributed by atoms with Gasteiger partial charge in [-0.2, -0.15) is 13.2 Å². The molecule has 23 heavy (non-hydrogen) atoms. The predicted molar refractivity (Wildman–Crippen MR) is 83.9 cm³/mol. The quantitative estimate of drug-likeness (QED) is 0.691. The molecule has 0 aliphatic heterocycles. The summed E-state index contributed by atoms with van der Waals surface area (Å²) in [6, 6.07) is 0. The first-order valence-corrected chi connectivity index (χ1v) is 9.38. The Morgan fingerprint density at radius 3 is 2.09 bits per heavy atom. The summed E-state index contributed by atoms with van der Waals surface area (Å²) in [4.78, 5) is 8.25. The van der Waals surface area contributed by atoms with Crippen LogP contribution in [-0.4, -0.2) is 28.9 Å². The van der Waals surface area contributed by atoms with Crippen LogP contribution in [0, 0.1) is 0 Å². The summed E-state index contributed by atoms with van der Waals surface area (Å²) in [7, 11) is 0. The lowest BCUT2D eigenvalue weighted by molar-refractivity contribution is -0.155. The van der Waals surface area contributed by atoms with E-state index >= 15 is 0 Å². The van der Waals surface area contributed by atoms with Gasteiger partial charge < -0.3 is 4.52 Å². The van der Waals surface area contributed by atoms with Crippen LogP contribution in [-0.2, 0) is 26.3 Å². The van der Waals surface area contributed by atoms with Crippen LogP contribution in [0.25, 0.3) is 0 Å². The van der Waals surface area contributed by atoms with Crippen LogP contribution in [0.1, 0.15) is 40.4 Å². The van der Waals surface area contributed by atoms with Gasteiger partial charge in [-0.15, -0.1) is 0 Å². The van der Waals surface area contributed by atoms with Gasteiger partial charge in [0, 0.05) is 17.2 Å². The lowest BCUT2D eigenvalue weighted by Crippen LogP contribution is -2.19. The Labute approximate surface area is 138 Å². The van der Waals surface area contributed by atoms with Crippen LogP contribution < -0.4 is 4.52 Å². The van der Waals surface area contributed by atoms with Crippen LogP contribution in [0.15, 0.2) is 12.4 Å². The average molecular weight is 372 g/mol. The van der Waals surface area contributed by atoms with Crippen molar-refractivity contribution in [1.29, 1.82) is 0 Å². The van der Waals surface area contributed by atoms with Gasteiger partial charge in [0.2, 0.25) is 0 Å². The number of alkyl halides is 3. The molecule has 0 spiro atoms. The third-order valence-electron chi connectivity index (χ3n) is 2.24. The molecule has 0 aliphatic rings. The summed E-state index contributed by atoms with van der Waals surface area (Å²) in [5.41, 5.74) is -0.264. The third kappa shape index (κ3) is 7.56. The zero-order valence-electron chi connectivity index (χ0n) is 13.5. The van der Waals surface area contributed by atoms with Crippen LogP contribution >= 0.6 is 6.72 Å². The van der Waals surface area contributed by atoms with E-state index in [0.717, 1.165) is 0 Å². The number of hydrogen-bond donors (Lipinski definition) is 0. The standard InChI is InChI=1S/C13H20F3N2O3PS/c1-9(2)20-22(23,19-8-13(14,15)16)21-10-6-17-11(18-7-10)12(3,4)5/h6-7,9H,8H2,1-5H3. The van der Waals surface area contributed by atoms with E-state index in [4.69, 9.17) is 25.4 Å². The van der Waals surface area contributed by atoms with Crippen molar-refractivity contribution in [3.63, 3.8) is 0 Å². The molecule has 0 amide bonds. The van der Waals surface area contributed by atoms with Gasteiger partial charge in [0.15, 0.2) is 12.4 Å². The fourth-order valence-corrected chi connectivity index (χ4v) is 3.63. The van der Waals surface area contributed by atoms with Crippen molar-refractivity contribution in [2.75, 3.05) is 6.61 Å². The van der Waals surface area contributed by atoms with Crippen molar-refractivity contribution in [3.05, 3.63) is 18.2 Å². The fraction of sp³-hybridized carbons (Fsp3) is 0.692. The zero-order chi connectivity index (χ0) is 17.9. The van der Waals surface area contributed by atoms with E-state index in [1.807, 2.05) is 20.8 Å². The molecule has 0 aromatic carbocycles. The molecule has 1 atom stereocenters. The largest absolute Gasteiger partial charge is 0.421 e. The average Bonchev–Trinajstić information content (AvgIpc) is 2.34. The van der Waals surface area contributed by atoms with Crippen molar-refractivity contribution in [2.45, 2.75) is 52.3 Å². The number of rotatable bonds is 6. The topological polar surface area (TPSA) is 53.5 Å². The van der Waals surface area contributed by atoms with Gasteiger partial charge in [-0.05, 0) is 13.8 Å². The fourth-order valence-electron chi connectivity index (χ4n) is 1.37. The molecule has 0 radical (unpaired) electrons. The number of nitrogens with zero attached hydrogens (tertiary/aromatic N) is 2. The van der Waals surface area contributed by atoms with Gasteiger partial charge >= 0.3 is 12.9 Å². The van der Waals surface area contributed by atoms with Crippen molar-refractivity contribution in [2.24, 2.45) is 0 Å². The van der Waals surface area contributed by atoms with Crippen LogP contribution in [0.5, 0.6) is 5.75 Å². The molecule has 132 valence electrons. The second-order valence-electron chi connectivity index (χ2n) is 6.07. The van der Waals surface area contributed by atoms with E-state index in [1.165, 1.54) is 12.4 Å². The molecule has 0 N–H and O–H groups in total. The van der Waals surface area contributed by atoms with Crippen molar-refractivity contribution >= 4 is 18.5 Å². The molecular formula is C13H20F3N2O3PS. The Morgan fingerprint density at radius 1 is 1.17 bits per heavy atom. The molecular weight excluding hydrogens is 352 g/mol. The molecule has 1 unspecified atom stereocenters. The Balaban J connectivity index is 2.90. The molecule has 1 heterocycles. The second-order valence-corrected chi connectivity index (χ2v) is 8.96. The maximum absolute atomic E-state index is 12.4. The summed E-state index contributed by atoms with van der Waals surface area (Å²) < 4.78 is 52.4. The van der Waals surface area contributed by atoms with Gasteiger partial charge in [0.05, 0.1) is 18.5 Å². The molecule has 1 rings (SSSR count). The van der Waals surface area contributed by atoms with Crippen LogP contribution in [0.4, 0.5) is 13.2 Å². The maximum Gasteiger partial charge on any atom is 0.412 e. The summed E-state index contributed by atoms with van der Waals surface area (Å²) in [6.07, 6.45) is -2.30. The minimum atomic E-state index is -4.53. The molecule has 5 nitrogen and oxygen atoms in total. The van der Waals surface area contributed by atoms with E-state index in [1.54, 1.807) is 13.8 Å². The smallest absolute Gasteiger partial charge is 0.412 e. The van der Waals surface area contributed by atoms with E-state index in [-0.39, 0.29) is 11.2 Å². The summed E-state index contributed by atoms with van der Waals surface area (Å²) >= 11 is 5.02. The highest BCUT2D eigenvalue weighted by atomic mass is 32.5. The monoisotopic (exact) mass is 372 g/mol. The SMILES string of the molecule is CC(C)OP(=S)(OCC(F)(F)F)Oc1cnc(C(C)(C)C)nc1. The van der Waals surface area contributed by atoms with Gasteiger partial charge in [0.1, 0.15) is 5.82 Å². The molecule has 1 aromatic heterocycles. The maximum atomic E-state index is 12.4. The lowest BCUT2D eigenvalue weighted by Gasteiger charge is -2.24. The number of hydrogen-bond acceptors (Lipinski definition) is 6. The van der Waals surface area contributed by atoms with Gasteiger partial charge in [-0.3, -0.25) is 9.05 Å². The van der Waals surface area contributed by atoms with E-state index < -0.39 is 25.6 Å². The molecule has 0 aliphatic carbocycles. The van der Waals surface area contributed by atoms with Gasteiger partial charge in [-0.25, -0.2) is 9.97 Å². The number of aromatic nitrogens is 2. The predicted octanol–water partition coefficient (Wildman–Crippen LogP) is 4.38. The van der Waals surface area contributed by atoms with Crippen molar-refractivity contribution < 1.29 is 26.7 Å². The second kappa shape index (κ2) is 7.42. The number of halogens is 3. The Kier molecular flexibility index (Phi) is 6.55. The Hall–Kier alpha value is -0.760. The minimum absolute atomic E-state index is 0.101. The summed E-state index contributed by atoms with van der Waals surface area (Å²) in [5, 5.41) is 0. The third-order valence-corrected chi connectivity index (χ3v) is 4.60. The van der Waals surface area contributed by atoms with Crippen LogP contribution in [0.3, 0.4) is 0 Å². The summed E-state index contributed by atoms with van der Waals surface area (Å²) in [5.74, 6) is 0.670. The first-order chi connectivity index (χ1) is 10.3. The van der Waals surface area contributed by atoms with Crippen molar-refractivity contribution in [3.8, 4) is 5.75 Å². The molecule has 0 bridgehead atoms. The van der Waals surface area contributed by atoms with Crippen LogP contribution in [0.2, 0.25) is 0 Å². The molecule has 0 saturated heterocycles. The molecule has 0 fully saturated rings. The first-order valence-electron chi connectivity index (χ1n) is 6.82. The normalized spacial score (nSPS) is 15.5. The lowest BCUT2D eigenvalue weighted by atomic mass is 9.96. The highest BCUT2D eigenvalue weighted by Gasteiger charge is 2.34. The summed E-state index contributed by atoms with van der Waals surface area (Å²) in [6.45, 7) is 3.89. The molecule has 1 aromatic rings. The first kappa shape index (κ1) is 20.3. The highest BCUT2D eigenvalue weighted by molar-refractivity contribution is 8.07. The van der Waals surface area contributed by atoms with Gasteiger partial charge in [-0.1, -0.05) is 20.8 Å².